The summed E-state index contributed by atoms with van der Waals surface area (Å²) in [7, 11) is 7.62. The van der Waals surface area contributed by atoms with Gasteiger partial charge in [-0.15, -0.1) is 0 Å². The van der Waals surface area contributed by atoms with Gasteiger partial charge in [0.25, 0.3) is 0 Å². The number of para-hydroxylation sites is 1. The third kappa shape index (κ3) is 6.76. The largest absolute Gasteiger partial charge is 0.493 e. The van der Waals surface area contributed by atoms with Crippen molar-refractivity contribution < 1.29 is 38.0 Å². The van der Waals surface area contributed by atoms with Crippen LogP contribution in [0.25, 0.3) is 16.9 Å². The summed E-state index contributed by atoms with van der Waals surface area (Å²) in [5, 5.41) is 5.00. The number of ether oxygens (including phenoxy) is 6. The predicted octanol–water partition coefficient (Wildman–Crippen LogP) is 6.91. The highest BCUT2D eigenvalue weighted by Crippen LogP contribution is 2.47. The summed E-state index contributed by atoms with van der Waals surface area (Å²) >= 11 is 0. The highest BCUT2D eigenvalue weighted by molar-refractivity contribution is 5.98. The Morgan fingerprint density at radius 1 is 0.702 bits per heavy atom. The molecule has 0 bridgehead atoms. The van der Waals surface area contributed by atoms with Crippen LogP contribution >= 0.6 is 0 Å². The summed E-state index contributed by atoms with van der Waals surface area (Å²) in [6.07, 6.45) is -0.0529. The SMILES string of the molecule is COc1ccc(C(=O)CC(c2cc(OC)c(OC)c(OC)c2)c2c(-c3ccccc3)nn(-c3ccccc3)c2OC(C)=O)cc1OC. The first kappa shape index (κ1) is 32.6. The van der Waals surface area contributed by atoms with Crippen molar-refractivity contribution in [3.63, 3.8) is 0 Å². The fourth-order valence-electron chi connectivity index (χ4n) is 5.52. The molecule has 0 aliphatic rings. The van der Waals surface area contributed by atoms with E-state index in [1.165, 1.54) is 42.5 Å². The number of ketones is 1. The third-order valence-electron chi connectivity index (χ3n) is 7.70. The molecule has 0 saturated carbocycles. The van der Waals surface area contributed by atoms with Gasteiger partial charge in [-0.3, -0.25) is 9.59 Å². The lowest BCUT2D eigenvalue weighted by molar-refractivity contribution is -0.132. The highest BCUT2D eigenvalue weighted by atomic mass is 16.5. The fraction of sp³-hybridized carbons (Fsp3) is 0.216. The van der Waals surface area contributed by atoms with E-state index in [4.69, 9.17) is 33.5 Å². The summed E-state index contributed by atoms with van der Waals surface area (Å²) < 4.78 is 35.5. The Morgan fingerprint density at radius 3 is 1.85 bits per heavy atom. The topological polar surface area (TPSA) is 107 Å². The number of rotatable bonds is 13. The van der Waals surface area contributed by atoms with Gasteiger partial charge >= 0.3 is 5.97 Å². The Kier molecular flexibility index (Phi) is 10.1. The first-order chi connectivity index (χ1) is 22.8. The van der Waals surface area contributed by atoms with Gasteiger partial charge in [-0.05, 0) is 48.0 Å². The number of aromatic nitrogens is 2. The Labute approximate surface area is 273 Å². The molecule has 1 atom stereocenters. The van der Waals surface area contributed by atoms with Crippen molar-refractivity contribution in [1.82, 2.24) is 9.78 Å². The molecule has 10 nitrogen and oxygen atoms in total. The number of carbonyl (C=O) groups excluding carboxylic acids is 2. The molecule has 0 fully saturated rings. The summed E-state index contributed by atoms with van der Waals surface area (Å²) in [5.41, 5.74) is 3.55. The summed E-state index contributed by atoms with van der Waals surface area (Å²) in [4.78, 5) is 26.9. The standard InChI is InChI=1S/C37H36N2O8/c1-23(40)47-37-34(35(24-13-9-7-10-14-24)38-39(37)27-15-11-8-12-16-27)28(26-20-32(44-4)36(46-6)33(21-26)45-5)22-29(41)25-17-18-30(42-2)31(19-25)43-3/h7-21,28H,22H2,1-6H3. The lowest BCUT2D eigenvalue weighted by atomic mass is 9.84. The second-order valence-corrected chi connectivity index (χ2v) is 10.5. The highest BCUT2D eigenvalue weighted by Gasteiger charge is 2.33. The molecule has 0 saturated heterocycles. The molecule has 0 aliphatic heterocycles. The monoisotopic (exact) mass is 636 g/mol. The average Bonchev–Trinajstić information content (AvgIpc) is 3.48. The first-order valence-corrected chi connectivity index (χ1v) is 14.8. The van der Waals surface area contributed by atoms with Gasteiger partial charge in [0.05, 0.1) is 46.8 Å². The van der Waals surface area contributed by atoms with E-state index in [0.29, 0.717) is 56.8 Å². The van der Waals surface area contributed by atoms with Crippen LogP contribution in [-0.4, -0.2) is 57.1 Å². The lowest BCUT2D eigenvalue weighted by Gasteiger charge is -2.22. The zero-order valence-corrected chi connectivity index (χ0v) is 27.1. The molecule has 1 unspecified atom stereocenters. The molecular formula is C37H36N2O8. The van der Waals surface area contributed by atoms with E-state index in [9.17, 15) is 9.59 Å². The van der Waals surface area contributed by atoms with Crippen molar-refractivity contribution in [3.05, 3.63) is 108 Å². The summed E-state index contributed by atoms with van der Waals surface area (Å²) in [5.74, 6) is 0.832. The van der Waals surface area contributed by atoms with Crippen LogP contribution in [0.3, 0.4) is 0 Å². The maximum Gasteiger partial charge on any atom is 0.309 e. The minimum atomic E-state index is -0.716. The number of esters is 1. The zero-order chi connectivity index (χ0) is 33.5. The molecule has 0 aliphatic carbocycles. The molecule has 5 aromatic rings. The van der Waals surface area contributed by atoms with Gasteiger partial charge in [-0.1, -0.05) is 48.5 Å². The lowest BCUT2D eigenvalue weighted by Crippen LogP contribution is -2.14. The Morgan fingerprint density at radius 2 is 1.30 bits per heavy atom. The van der Waals surface area contributed by atoms with Gasteiger partial charge in [0.2, 0.25) is 11.6 Å². The minimum absolute atomic E-state index is 0.0529. The van der Waals surface area contributed by atoms with E-state index in [1.54, 1.807) is 35.0 Å². The van der Waals surface area contributed by atoms with Crippen molar-refractivity contribution in [2.24, 2.45) is 0 Å². The average molecular weight is 637 g/mol. The molecule has 47 heavy (non-hydrogen) atoms. The van der Waals surface area contributed by atoms with Crippen LogP contribution < -0.4 is 28.4 Å². The summed E-state index contributed by atoms with van der Waals surface area (Å²) in [6.45, 7) is 1.33. The van der Waals surface area contributed by atoms with Gasteiger partial charge in [0, 0.05) is 30.4 Å². The van der Waals surface area contributed by atoms with E-state index >= 15 is 0 Å². The molecule has 0 spiro atoms. The second kappa shape index (κ2) is 14.6. The van der Waals surface area contributed by atoms with Crippen molar-refractivity contribution >= 4 is 11.8 Å². The Balaban J connectivity index is 1.82. The smallest absolute Gasteiger partial charge is 0.309 e. The van der Waals surface area contributed by atoms with Crippen LogP contribution in [0, 0.1) is 0 Å². The Bertz CT molecular complexity index is 1840. The minimum Gasteiger partial charge on any atom is -0.493 e. The molecule has 0 amide bonds. The van der Waals surface area contributed by atoms with Crippen LogP contribution in [0.15, 0.2) is 91.0 Å². The molecule has 1 aromatic heterocycles. The normalized spacial score (nSPS) is 11.4. The maximum atomic E-state index is 14.2. The van der Waals surface area contributed by atoms with E-state index in [-0.39, 0.29) is 18.1 Å². The molecule has 10 heteroatoms. The molecular weight excluding hydrogens is 600 g/mol. The van der Waals surface area contributed by atoms with Crippen LogP contribution in [0.1, 0.15) is 40.7 Å². The first-order valence-electron chi connectivity index (χ1n) is 14.8. The van der Waals surface area contributed by atoms with Crippen LogP contribution in [0.4, 0.5) is 0 Å². The molecule has 0 N–H and O–H groups in total. The number of nitrogens with zero attached hydrogens (tertiary/aromatic N) is 2. The van der Waals surface area contributed by atoms with Gasteiger partial charge < -0.3 is 28.4 Å². The van der Waals surface area contributed by atoms with Crippen LogP contribution in [0.2, 0.25) is 0 Å². The number of hydrogen-bond acceptors (Lipinski definition) is 9. The van der Waals surface area contributed by atoms with E-state index in [0.717, 1.165) is 5.56 Å². The van der Waals surface area contributed by atoms with Crippen molar-refractivity contribution in [2.75, 3.05) is 35.5 Å². The molecule has 0 radical (unpaired) electrons. The number of carbonyl (C=O) groups is 2. The van der Waals surface area contributed by atoms with Gasteiger partial charge in [-0.25, -0.2) is 0 Å². The van der Waals surface area contributed by atoms with Crippen LogP contribution in [-0.2, 0) is 4.79 Å². The van der Waals surface area contributed by atoms with E-state index in [2.05, 4.69) is 0 Å². The predicted molar refractivity (Wildman–Crippen MR) is 177 cm³/mol. The molecule has 5 rings (SSSR count). The molecule has 4 aromatic carbocycles. The van der Waals surface area contributed by atoms with Gasteiger partial charge in [0.1, 0.15) is 5.69 Å². The number of hydrogen-bond donors (Lipinski definition) is 0. The molecule has 242 valence electrons. The number of benzene rings is 4. The van der Waals surface area contributed by atoms with Crippen LogP contribution in [0.5, 0.6) is 34.6 Å². The quantitative estimate of drug-likeness (QED) is 0.101. The number of methoxy groups -OCH3 is 5. The summed E-state index contributed by atoms with van der Waals surface area (Å²) in [6, 6.07) is 27.5. The fourth-order valence-corrected chi connectivity index (χ4v) is 5.52. The second-order valence-electron chi connectivity index (χ2n) is 10.5. The van der Waals surface area contributed by atoms with E-state index < -0.39 is 11.9 Å². The van der Waals surface area contributed by atoms with Crippen molar-refractivity contribution in [2.45, 2.75) is 19.3 Å². The van der Waals surface area contributed by atoms with E-state index in [1.807, 2.05) is 60.7 Å². The molecule has 1 heterocycles. The number of Topliss-reactive ketones (excluding diaryl/α,β-unsaturated/α-hetero) is 1. The maximum absolute atomic E-state index is 14.2. The third-order valence-corrected chi connectivity index (χ3v) is 7.70. The van der Waals surface area contributed by atoms with Crippen molar-refractivity contribution in [3.8, 4) is 51.6 Å². The van der Waals surface area contributed by atoms with Gasteiger partial charge in [0.15, 0.2) is 28.8 Å². The van der Waals surface area contributed by atoms with Crippen molar-refractivity contribution in [1.29, 1.82) is 0 Å². The van der Waals surface area contributed by atoms with Gasteiger partial charge in [-0.2, -0.15) is 9.78 Å². The zero-order valence-electron chi connectivity index (χ0n) is 27.1. The Hall–Kier alpha value is -5.77.